The summed E-state index contributed by atoms with van der Waals surface area (Å²) in [6.45, 7) is 0.482. The van der Waals surface area contributed by atoms with Gasteiger partial charge in [-0.25, -0.2) is 0 Å². The van der Waals surface area contributed by atoms with Gasteiger partial charge in [-0.3, -0.25) is 25.0 Å². The Morgan fingerprint density at radius 1 is 1.26 bits per heavy atom. The van der Waals surface area contributed by atoms with E-state index < -0.39 is 10.8 Å². The molecule has 1 saturated heterocycles. The highest BCUT2D eigenvalue weighted by atomic mass is 32.1. The Bertz CT molecular complexity index is 1150. The SMILES string of the molecule is COc1ccc(C(=O)Nc2nnc(C3CC(=O)N(c4ccccc4)C3)s2)cc1[N+](=O)[O-]. The van der Waals surface area contributed by atoms with Crippen LogP contribution in [0.25, 0.3) is 0 Å². The van der Waals surface area contributed by atoms with E-state index in [0.717, 1.165) is 11.8 Å². The first kappa shape index (κ1) is 20.4. The van der Waals surface area contributed by atoms with Crippen molar-refractivity contribution in [3.05, 3.63) is 69.2 Å². The van der Waals surface area contributed by atoms with Crippen molar-refractivity contribution in [3.63, 3.8) is 0 Å². The summed E-state index contributed by atoms with van der Waals surface area (Å²) in [7, 11) is 1.32. The van der Waals surface area contributed by atoms with Crippen molar-refractivity contribution in [1.82, 2.24) is 10.2 Å². The molecule has 0 spiro atoms. The van der Waals surface area contributed by atoms with Crippen molar-refractivity contribution in [2.45, 2.75) is 12.3 Å². The lowest BCUT2D eigenvalue weighted by Gasteiger charge is -2.15. The first-order chi connectivity index (χ1) is 15.0. The Morgan fingerprint density at radius 2 is 2.03 bits per heavy atom. The number of carbonyl (C=O) groups excluding carboxylic acids is 2. The molecule has 1 fully saturated rings. The highest BCUT2D eigenvalue weighted by Gasteiger charge is 2.34. The predicted octanol–water partition coefficient (Wildman–Crippen LogP) is 3.23. The standard InChI is InChI=1S/C20H17N5O5S/c1-30-16-8-7-12(9-15(16)25(28)29)18(27)21-20-23-22-19(31-20)13-10-17(26)24(11-13)14-5-3-2-4-6-14/h2-9,13H,10-11H2,1H3,(H,21,23,27). The number of nitrogens with one attached hydrogen (secondary N) is 1. The van der Waals surface area contributed by atoms with Crippen LogP contribution in [0.15, 0.2) is 48.5 Å². The molecule has 1 atom stereocenters. The number of amides is 2. The van der Waals surface area contributed by atoms with E-state index in [1.54, 1.807) is 4.90 Å². The number of anilines is 2. The number of nitrogens with zero attached hydrogens (tertiary/aromatic N) is 4. The van der Waals surface area contributed by atoms with E-state index >= 15 is 0 Å². The second-order valence-electron chi connectivity index (χ2n) is 6.78. The molecule has 0 radical (unpaired) electrons. The molecule has 1 N–H and O–H groups in total. The maximum atomic E-state index is 12.5. The molecule has 1 aliphatic heterocycles. The molecular weight excluding hydrogens is 422 g/mol. The maximum absolute atomic E-state index is 12.5. The topological polar surface area (TPSA) is 128 Å². The molecule has 1 aromatic heterocycles. The van der Waals surface area contributed by atoms with Gasteiger partial charge in [-0.1, -0.05) is 29.5 Å². The van der Waals surface area contributed by atoms with Crippen molar-refractivity contribution < 1.29 is 19.2 Å². The summed E-state index contributed by atoms with van der Waals surface area (Å²) in [5.41, 5.74) is 0.614. The van der Waals surface area contributed by atoms with Gasteiger partial charge in [0.2, 0.25) is 11.0 Å². The van der Waals surface area contributed by atoms with Gasteiger partial charge >= 0.3 is 5.69 Å². The molecule has 1 unspecified atom stereocenters. The summed E-state index contributed by atoms with van der Waals surface area (Å²) in [6.07, 6.45) is 0.308. The van der Waals surface area contributed by atoms with Crippen molar-refractivity contribution in [1.29, 1.82) is 0 Å². The summed E-state index contributed by atoms with van der Waals surface area (Å²) < 4.78 is 4.94. The molecule has 0 bridgehead atoms. The molecule has 0 saturated carbocycles. The third-order valence-electron chi connectivity index (χ3n) is 4.84. The van der Waals surface area contributed by atoms with Crippen LogP contribution in [0.1, 0.15) is 27.7 Å². The van der Waals surface area contributed by atoms with Gasteiger partial charge in [0, 0.05) is 36.2 Å². The Kier molecular flexibility index (Phi) is 5.58. The number of benzene rings is 2. The van der Waals surface area contributed by atoms with E-state index in [1.165, 1.54) is 30.6 Å². The smallest absolute Gasteiger partial charge is 0.311 e. The first-order valence-corrected chi connectivity index (χ1v) is 10.1. The molecule has 158 valence electrons. The van der Waals surface area contributed by atoms with Gasteiger partial charge in [0.05, 0.1) is 12.0 Å². The quantitative estimate of drug-likeness (QED) is 0.461. The monoisotopic (exact) mass is 439 g/mol. The minimum atomic E-state index is -0.617. The molecule has 2 heterocycles. The number of ether oxygens (including phenoxy) is 1. The van der Waals surface area contributed by atoms with E-state index in [-0.39, 0.29) is 34.0 Å². The molecule has 3 aromatic rings. The number of aromatic nitrogens is 2. The Morgan fingerprint density at radius 3 is 2.74 bits per heavy atom. The van der Waals surface area contributed by atoms with Crippen LogP contribution in [0, 0.1) is 10.1 Å². The van der Waals surface area contributed by atoms with Crippen LogP contribution in [0.4, 0.5) is 16.5 Å². The highest BCUT2D eigenvalue weighted by molar-refractivity contribution is 7.15. The van der Waals surface area contributed by atoms with Crippen molar-refractivity contribution >= 4 is 39.7 Å². The van der Waals surface area contributed by atoms with Gasteiger partial charge in [0.15, 0.2) is 5.75 Å². The molecule has 31 heavy (non-hydrogen) atoms. The van der Waals surface area contributed by atoms with E-state index in [0.29, 0.717) is 18.0 Å². The van der Waals surface area contributed by atoms with Gasteiger partial charge in [-0.15, -0.1) is 10.2 Å². The van der Waals surface area contributed by atoms with Crippen molar-refractivity contribution in [2.24, 2.45) is 0 Å². The average Bonchev–Trinajstić information content (AvgIpc) is 3.40. The average molecular weight is 439 g/mol. The summed E-state index contributed by atoms with van der Waals surface area (Å²) in [5.74, 6) is -0.615. The molecule has 10 nitrogen and oxygen atoms in total. The normalized spacial score (nSPS) is 15.7. The number of hydrogen-bond acceptors (Lipinski definition) is 8. The van der Waals surface area contributed by atoms with E-state index in [9.17, 15) is 19.7 Å². The minimum Gasteiger partial charge on any atom is -0.490 e. The van der Waals surface area contributed by atoms with E-state index in [4.69, 9.17) is 4.74 Å². The van der Waals surface area contributed by atoms with Gasteiger partial charge in [0.1, 0.15) is 5.01 Å². The zero-order chi connectivity index (χ0) is 22.0. The van der Waals surface area contributed by atoms with Crippen LogP contribution >= 0.6 is 11.3 Å². The minimum absolute atomic E-state index is 0.00234. The van der Waals surface area contributed by atoms with Gasteiger partial charge < -0.3 is 9.64 Å². The molecule has 4 rings (SSSR count). The number of carbonyl (C=O) groups is 2. The molecule has 2 amide bonds. The van der Waals surface area contributed by atoms with Crippen LogP contribution in [0.3, 0.4) is 0 Å². The lowest BCUT2D eigenvalue weighted by molar-refractivity contribution is -0.385. The fourth-order valence-electron chi connectivity index (χ4n) is 3.32. The van der Waals surface area contributed by atoms with Crippen molar-refractivity contribution in [2.75, 3.05) is 23.9 Å². The van der Waals surface area contributed by atoms with E-state index in [1.807, 2.05) is 30.3 Å². The second-order valence-corrected chi connectivity index (χ2v) is 7.79. The van der Waals surface area contributed by atoms with Crippen molar-refractivity contribution in [3.8, 4) is 5.75 Å². The maximum Gasteiger partial charge on any atom is 0.311 e. The first-order valence-electron chi connectivity index (χ1n) is 9.29. The Balaban J connectivity index is 1.46. The zero-order valence-electron chi connectivity index (χ0n) is 16.3. The summed E-state index contributed by atoms with van der Waals surface area (Å²) in [4.78, 5) is 37.2. The number of para-hydroxylation sites is 1. The second kappa shape index (κ2) is 8.48. The summed E-state index contributed by atoms with van der Waals surface area (Å²) >= 11 is 1.18. The number of nitro groups is 1. The molecule has 2 aromatic carbocycles. The number of methoxy groups -OCH3 is 1. The zero-order valence-corrected chi connectivity index (χ0v) is 17.2. The molecule has 1 aliphatic rings. The van der Waals surface area contributed by atoms with Crippen LogP contribution in [-0.2, 0) is 4.79 Å². The van der Waals surface area contributed by atoms with Gasteiger partial charge in [-0.05, 0) is 24.3 Å². The van der Waals surface area contributed by atoms with E-state index in [2.05, 4.69) is 15.5 Å². The third kappa shape index (κ3) is 4.21. The largest absolute Gasteiger partial charge is 0.490 e. The molecule has 0 aliphatic carbocycles. The fourth-order valence-corrected chi connectivity index (χ4v) is 4.15. The summed E-state index contributed by atoms with van der Waals surface area (Å²) in [6, 6.07) is 13.3. The molecular formula is C20H17N5O5S. The highest BCUT2D eigenvalue weighted by Crippen LogP contribution is 2.34. The lowest BCUT2D eigenvalue weighted by atomic mass is 10.1. The summed E-state index contributed by atoms with van der Waals surface area (Å²) in [5, 5.41) is 22.8. The Labute approximate surface area is 180 Å². The van der Waals surface area contributed by atoms with Crippen LogP contribution < -0.4 is 15.0 Å². The molecule has 11 heteroatoms. The fraction of sp³-hybridized carbons (Fsp3) is 0.200. The number of hydrogen-bond donors (Lipinski definition) is 1. The van der Waals surface area contributed by atoms with Crippen LogP contribution in [0.5, 0.6) is 5.75 Å². The Hall–Kier alpha value is -3.86. The van der Waals surface area contributed by atoms with Crippen LogP contribution in [-0.4, -0.2) is 40.6 Å². The third-order valence-corrected chi connectivity index (χ3v) is 5.84. The van der Waals surface area contributed by atoms with Gasteiger partial charge in [0.25, 0.3) is 5.91 Å². The van der Waals surface area contributed by atoms with Gasteiger partial charge in [-0.2, -0.15) is 0 Å². The lowest BCUT2D eigenvalue weighted by Crippen LogP contribution is -2.24. The van der Waals surface area contributed by atoms with Crippen LogP contribution in [0.2, 0.25) is 0 Å². The number of nitro benzene ring substituents is 1. The predicted molar refractivity (Wildman–Crippen MR) is 114 cm³/mol. The number of rotatable bonds is 6.